The average Bonchev–Trinajstić information content (AvgIpc) is 3.09. The Morgan fingerprint density at radius 3 is 2.72 bits per heavy atom. The van der Waals surface area contributed by atoms with Gasteiger partial charge in [-0.15, -0.1) is 10.2 Å². The summed E-state index contributed by atoms with van der Waals surface area (Å²) in [6, 6.07) is 17.0. The Labute approximate surface area is 174 Å². The maximum absolute atomic E-state index is 12.2. The van der Waals surface area contributed by atoms with Crippen molar-refractivity contribution in [1.29, 1.82) is 0 Å². The molecule has 1 heterocycles. The fraction of sp³-hybridized carbons (Fsp3) is 0.286. The fourth-order valence-corrected chi connectivity index (χ4v) is 3.34. The number of nitrogens with one attached hydrogen (secondary N) is 1. The van der Waals surface area contributed by atoms with Gasteiger partial charge in [-0.05, 0) is 35.7 Å². The highest BCUT2D eigenvalue weighted by atomic mass is 32.2. The van der Waals surface area contributed by atoms with Crippen LogP contribution in [-0.2, 0) is 12.4 Å². The first-order valence-corrected chi connectivity index (χ1v) is 10.4. The third-order valence-corrected chi connectivity index (χ3v) is 5.09. The predicted octanol–water partition coefficient (Wildman–Crippen LogP) is 3.25. The van der Waals surface area contributed by atoms with Gasteiger partial charge in [0.2, 0.25) is 5.16 Å². The van der Waals surface area contributed by atoms with Crippen molar-refractivity contribution in [2.75, 3.05) is 12.4 Å². The van der Waals surface area contributed by atoms with E-state index in [4.69, 9.17) is 10.6 Å². The van der Waals surface area contributed by atoms with Crippen molar-refractivity contribution in [2.24, 2.45) is 5.92 Å². The van der Waals surface area contributed by atoms with Crippen molar-refractivity contribution in [3.05, 3.63) is 71.5 Å². The van der Waals surface area contributed by atoms with E-state index in [0.29, 0.717) is 34.8 Å². The third kappa shape index (κ3) is 5.99. The second-order valence-corrected chi connectivity index (χ2v) is 7.91. The molecule has 0 radical (unpaired) electrons. The molecular weight excluding hydrogens is 386 g/mol. The monoisotopic (exact) mass is 411 g/mol. The van der Waals surface area contributed by atoms with Gasteiger partial charge in [0, 0.05) is 17.9 Å². The number of thioether (sulfide) groups is 1. The highest BCUT2D eigenvalue weighted by Gasteiger charge is 2.12. The van der Waals surface area contributed by atoms with Crippen LogP contribution in [0.3, 0.4) is 0 Å². The predicted molar refractivity (Wildman–Crippen MR) is 114 cm³/mol. The van der Waals surface area contributed by atoms with Crippen molar-refractivity contribution in [1.82, 2.24) is 20.2 Å². The summed E-state index contributed by atoms with van der Waals surface area (Å²) in [6.07, 6.45) is 0. The maximum Gasteiger partial charge on any atom is 0.251 e. The van der Waals surface area contributed by atoms with Crippen LogP contribution in [-0.4, -0.2) is 27.3 Å². The summed E-state index contributed by atoms with van der Waals surface area (Å²) in [5.74, 6) is 8.37. The number of hydrogen-bond donors (Lipinski definition) is 2. The first-order valence-electron chi connectivity index (χ1n) is 9.40. The van der Waals surface area contributed by atoms with Crippen molar-refractivity contribution in [3.8, 4) is 5.75 Å². The normalized spacial score (nSPS) is 10.9. The van der Waals surface area contributed by atoms with E-state index >= 15 is 0 Å². The molecule has 0 saturated heterocycles. The Hall–Kier alpha value is -3.00. The standard InChI is InChI=1S/C21H25N5O2S/c1-15(2)12-23-20(27)17-8-6-7-16(11-17)14-29-21-25-24-19(26(21)22)13-28-18-9-4-3-5-10-18/h3-11,15H,12-14,22H2,1-2H3,(H,23,27). The van der Waals surface area contributed by atoms with Crippen LogP contribution in [0.25, 0.3) is 0 Å². The lowest BCUT2D eigenvalue weighted by atomic mass is 10.1. The Morgan fingerprint density at radius 1 is 1.17 bits per heavy atom. The largest absolute Gasteiger partial charge is 0.486 e. The van der Waals surface area contributed by atoms with E-state index in [9.17, 15) is 4.79 Å². The quantitative estimate of drug-likeness (QED) is 0.415. The van der Waals surface area contributed by atoms with Gasteiger partial charge in [0.25, 0.3) is 5.91 Å². The second-order valence-electron chi connectivity index (χ2n) is 6.96. The van der Waals surface area contributed by atoms with Crippen LogP contribution in [0.15, 0.2) is 59.8 Å². The molecule has 29 heavy (non-hydrogen) atoms. The molecule has 0 atom stereocenters. The van der Waals surface area contributed by atoms with E-state index in [1.165, 1.54) is 16.4 Å². The Bertz CT molecular complexity index is 943. The molecule has 3 N–H and O–H groups in total. The Morgan fingerprint density at radius 2 is 1.97 bits per heavy atom. The molecule has 1 amide bonds. The minimum atomic E-state index is -0.0621. The molecule has 1 aromatic heterocycles. The number of benzene rings is 2. The van der Waals surface area contributed by atoms with Gasteiger partial charge in [-0.3, -0.25) is 4.79 Å². The number of hydrogen-bond acceptors (Lipinski definition) is 6. The van der Waals surface area contributed by atoms with Crippen LogP contribution in [0.1, 0.15) is 35.6 Å². The van der Waals surface area contributed by atoms with Crippen molar-refractivity contribution < 1.29 is 9.53 Å². The molecule has 152 valence electrons. The summed E-state index contributed by atoms with van der Waals surface area (Å²) in [5.41, 5.74) is 1.66. The molecule has 3 aromatic rings. The molecule has 2 aromatic carbocycles. The lowest BCUT2D eigenvalue weighted by Gasteiger charge is -2.09. The van der Waals surface area contributed by atoms with Crippen LogP contribution in [0.5, 0.6) is 5.75 Å². The van der Waals surface area contributed by atoms with Crippen molar-refractivity contribution in [2.45, 2.75) is 31.4 Å². The van der Waals surface area contributed by atoms with Gasteiger partial charge in [-0.2, -0.15) is 0 Å². The maximum atomic E-state index is 12.2. The number of rotatable bonds is 9. The summed E-state index contributed by atoms with van der Waals surface area (Å²) >= 11 is 1.46. The zero-order chi connectivity index (χ0) is 20.6. The zero-order valence-electron chi connectivity index (χ0n) is 16.5. The topological polar surface area (TPSA) is 95.1 Å². The van der Waals surface area contributed by atoms with Gasteiger partial charge < -0.3 is 15.9 Å². The van der Waals surface area contributed by atoms with Gasteiger partial charge in [-0.25, -0.2) is 4.68 Å². The number of aromatic nitrogens is 3. The lowest BCUT2D eigenvalue weighted by Crippen LogP contribution is -2.27. The van der Waals surface area contributed by atoms with Gasteiger partial charge in [0.05, 0.1) is 0 Å². The summed E-state index contributed by atoms with van der Waals surface area (Å²) in [6.45, 7) is 5.02. The second kappa shape index (κ2) is 9.97. The molecule has 0 saturated carbocycles. The minimum Gasteiger partial charge on any atom is -0.486 e. The number of amides is 1. The van der Waals surface area contributed by atoms with E-state index in [-0.39, 0.29) is 12.5 Å². The molecule has 0 fully saturated rings. The summed E-state index contributed by atoms with van der Waals surface area (Å²) in [5, 5.41) is 11.8. The molecule has 0 aliphatic heterocycles. The molecule has 0 aliphatic carbocycles. The van der Waals surface area contributed by atoms with Crippen molar-refractivity contribution in [3.63, 3.8) is 0 Å². The first-order chi connectivity index (χ1) is 14.0. The van der Waals surface area contributed by atoms with Gasteiger partial charge in [0.15, 0.2) is 5.82 Å². The van der Waals surface area contributed by atoms with Gasteiger partial charge in [-0.1, -0.05) is 55.9 Å². The number of ether oxygens (including phenoxy) is 1. The molecule has 0 aliphatic rings. The molecule has 0 spiro atoms. The molecular formula is C21H25N5O2S. The number of carbonyl (C=O) groups excluding carboxylic acids is 1. The van der Waals surface area contributed by atoms with Crippen molar-refractivity contribution >= 4 is 17.7 Å². The third-order valence-electron chi connectivity index (χ3n) is 4.07. The molecule has 0 unspecified atom stereocenters. The molecule has 3 rings (SSSR count). The zero-order valence-corrected chi connectivity index (χ0v) is 17.4. The van der Waals surface area contributed by atoms with E-state index in [2.05, 4.69) is 29.4 Å². The molecule has 7 nitrogen and oxygen atoms in total. The first kappa shape index (κ1) is 20.7. The van der Waals surface area contributed by atoms with Crippen LogP contribution >= 0.6 is 11.8 Å². The SMILES string of the molecule is CC(C)CNC(=O)c1cccc(CSc2nnc(COc3ccccc3)n2N)c1. The fourth-order valence-electron chi connectivity index (χ4n) is 2.52. The van der Waals surface area contributed by atoms with E-state index in [1.54, 1.807) is 0 Å². The van der Waals surface area contributed by atoms with Gasteiger partial charge >= 0.3 is 0 Å². The number of nitrogens with zero attached hydrogens (tertiary/aromatic N) is 3. The Kier molecular flexibility index (Phi) is 7.13. The highest BCUT2D eigenvalue weighted by molar-refractivity contribution is 7.98. The van der Waals surface area contributed by atoms with Crippen LogP contribution in [0.2, 0.25) is 0 Å². The summed E-state index contributed by atoms with van der Waals surface area (Å²) in [4.78, 5) is 12.2. The lowest BCUT2D eigenvalue weighted by molar-refractivity contribution is 0.0949. The average molecular weight is 412 g/mol. The summed E-state index contributed by atoms with van der Waals surface area (Å²) in [7, 11) is 0. The minimum absolute atomic E-state index is 0.0621. The van der Waals surface area contributed by atoms with E-state index < -0.39 is 0 Å². The van der Waals surface area contributed by atoms with Crippen LogP contribution in [0.4, 0.5) is 0 Å². The highest BCUT2D eigenvalue weighted by Crippen LogP contribution is 2.21. The number of nitrogen functional groups attached to an aromatic ring is 1. The van der Waals surface area contributed by atoms with Crippen LogP contribution in [0, 0.1) is 5.92 Å². The van der Waals surface area contributed by atoms with Gasteiger partial charge in [0.1, 0.15) is 12.4 Å². The van der Waals surface area contributed by atoms with E-state index in [0.717, 1.165) is 11.3 Å². The number of nitrogens with two attached hydrogens (primary N) is 1. The van der Waals surface area contributed by atoms with E-state index in [1.807, 2.05) is 54.6 Å². The molecule has 0 bridgehead atoms. The molecule has 8 heteroatoms. The number of carbonyl (C=O) groups is 1. The number of para-hydroxylation sites is 1. The van der Waals surface area contributed by atoms with Crippen LogP contribution < -0.4 is 15.9 Å². The Balaban J connectivity index is 1.57. The smallest absolute Gasteiger partial charge is 0.251 e. The summed E-state index contributed by atoms with van der Waals surface area (Å²) < 4.78 is 7.11.